The Morgan fingerprint density at radius 2 is 2.24 bits per heavy atom. The van der Waals surface area contributed by atoms with Crippen molar-refractivity contribution in [3.05, 3.63) is 48.3 Å². The number of carbonyl (C=O) groups is 1. The number of hydrogen-bond donors (Lipinski definition) is 1. The van der Waals surface area contributed by atoms with Crippen molar-refractivity contribution in [1.82, 2.24) is 10.3 Å². The van der Waals surface area contributed by atoms with Crippen LogP contribution in [0.25, 0.3) is 16.8 Å². The third kappa shape index (κ3) is 3.14. The Bertz CT molecular complexity index is 561. The van der Waals surface area contributed by atoms with Gasteiger partial charge in [-0.15, -0.1) is 0 Å². The average molecular weight is 226 g/mol. The molecule has 1 amide bonds. The number of fused-ring (bicyclic) bond motifs is 1. The molecule has 3 heteroatoms. The average Bonchev–Trinajstić information content (AvgIpc) is 2.34. The van der Waals surface area contributed by atoms with Crippen LogP contribution in [0, 0.1) is 0 Å². The fourth-order valence-electron chi connectivity index (χ4n) is 1.60. The van der Waals surface area contributed by atoms with E-state index in [1.807, 2.05) is 36.5 Å². The van der Waals surface area contributed by atoms with Gasteiger partial charge in [-0.2, -0.15) is 0 Å². The number of amides is 1. The summed E-state index contributed by atoms with van der Waals surface area (Å²) in [6, 6.07) is 8.16. The maximum atomic E-state index is 10.7. The zero-order valence-electron chi connectivity index (χ0n) is 9.68. The topological polar surface area (TPSA) is 42.0 Å². The molecule has 0 radical (unpaired) electrons. The molecule has 1 heterocycles. The normalized spacial score (nSPS) is 10.9. The molecule has 0 aliphatic heterocycles. The summed E-state index contributed by atoms with van der Waals surface area (Å²) in [4.78, 5) is 14.7. The highest BCUT2D eigenvalue weighted by atomic mass is 16.1. The summed E-state index contributed by atoms with van der Waals surface area (Å²) in [7, 11) is 0. The maximum Gasteiger partial charge on any atom is 0.217 e. The highest BCUT2D eigenvalue weighted by molar-refractivity contribution is 5.83. The summed E-state index contributed by atoms with van der Waals surface area (Å²) >= 11 is 0. The van der Waals surface area contributed by atoms with Gasteiger partial charge in [-0.05, 0) is 23.1 Å². The molecule has 86 valence electrons. The first-order valence-corrected chi connectivity index (χ1v) is 5.50. The minimum absolute atomic E-state index is 0.0146. The van der Waals surface area contributed by atoms with Gasteiger partial charge in [0, 0.05) is 31.2 Å². The Morgan fingerprint density at radius 3 is 3.06 bits per heavy atom. The molecule has 0 atom stereocenters. The zero-order valence-corrected chi connectivity index (χ0v) is 9.68. The van der Waals surface area contributed by atoms with E-state index in [1.54, 1.807) is 6.20 Å². The quantitative estimate of drug-likeness (QED) is 0.873. The Kier molecular flexibility index (Phi) is 3.50. The molecule has 0 spiro atoms. The number of benzene rings is 1. The summed E-state index contributed by atoms with van der Waals surface area (Å²) < 4.78 is 0. The molecule has 2 aromatic rings. The van der Waals surface area contributed by atoms with Crippen LogP contribution in [-0.4, -0.2) is 17.4 Å². The van der Waals surface area contributed by atoms with Gasteiger partial charge in [-0.25, -0.2) is 0 Å². The summed E-state index contributed by atoms with van der Waals surface area (Å²) in [5.74, 6) is -0.0146. The van der Waals surface area contributed by atoms with E-state index < -0.39 is 0 Å². The molecular formula is C14H14N2O. The SMILES string of the molecule is CC(=O)NCC=Cc1ccc2cnccc2c1. The van der Waals surface area contributed by atoms with Gasteiger partial charge in [-0.1, -0.05) is 24.3 Å². The van der Waals surface area contributed by atoms with Crippen LogP contribution in [0.1, 0.15) is 12.5 Å². The van der Waals surface area contributed by atoms with E-state index in [-0.39, 0.29) is 5.91 Å². The molecule has 0 unspecified atom stereocenters. The number of aromatic nitrogens is 1. The largest absolute Gasteiger partial charge is 0.353 e. The van der Waals surface area contributed by atoms with Crippen molar-refractivity contribution < 1.29 is 4.79 Å². The summed E-state index contributed by atoms with van der Waals surface area (Å²) in [5.41, 5.74) is 1.12. The van der Waals surface area contributed by atoms with Crippen LogP contribution in [0.4, 0.5) is 0 Å². The molecule has 0 bridgehead atoms. The van der Waals surface area contributed by atoms with Crippen molar-refractivity contribution in [2.45, 2.75) is 6.92 Å². The second-order valence-corrected chi connectivity index (χ2v) is 3.82. The Morgan fingerprint density at radius 1 is 1.35 bits per heavy atom. The van der Waals surface area contributed by atoms with Gasteiger partial charge in [0.15, 0.2) is 0 Å². The van der Waals surface area contributed by atoms with Gasteiger partial charge < -0.3 is 5.32 Å². The van der Waals surface area contributed by atoms with E-state index in [2.05, 4.69) is 16.4 Å². The standard InChI is InChI=1S/C14H14N2O/c1-11(17)16-7-2-3-12-4-5-14-10-15-8-6-13(14)9-12/h2-6,8-10H,7H2,1H3,(H,16,17). The van der Waals surface area contributed by atoms with Crippen molar-refractivity contribution in [2.24, 2.45) is 0 Å². The predicted molar refractivity (Wildman–Crippen MR) is 69.5 cm³/mol. The molecule has 2 rings (SSSR count). The van der Waals surface area contributed by atoms with Crippen molar-refractivity contribution in [2.75, 3.05) is 6.54 Å². The van der Waals surface area contributed by atoms with Crippen LogP contribution in [-0.2, 0) is 4.79 Å². The van der Waals surface area contributed by atoms with Gasteiger partial charge in [0.2, 0.25) is 5.91 Å². The Labute approximate surface area is 100 Å². The molecule has 0 aliphatic carbocycles. The predicted octanol–water partition coefficient (Wildman–Crippen LogP) is 2.38. The molecule has 1 aromatic heterocycles. The number of nitrogens with one attached hydrogen (secondary N) is 1. The Hall–Kier alpha value is -2.16. The molecule has 0 aliphatic rings. The van der Waals surface area contributed by atoms with E-state index in [0.29, 0.717) is 6.54 Å². The van der Waals surface area contributed by atoms with Crippen LogP contribution in [0.15, 0.2) is 42.7 Å². The maximum absolute atomic E-state index is 10.7. The minimum atomic E-state index is -0.0146. The fraction of sp³-hybridized carbons (Fsp3) is 0.143. The molecule has 17 heavy (non-hydrogen) atoms. The van der Waals surface area contributed by atoms with Crippen molar-refractivity contribution in [3.63, 3.8) is 0 Å². The molecule has 1 aromatic carbocycles. The lowest BCUT2D eigenvalue weighted by Gasteiger charge is -1.99. The molecule has 0 saturated carbocycles. The van der Waals surface area contributed by atoms with E-state index in [0.717, 1.165) is 10.9 Å². The summed E-state index contributed by atoms with van der Waals surface area (Å²) in [6.07, 6.45) is 7.56. The first-order valence-electron chi connectivity index (χ1n) is 5.50. The van der Waals surface area contributed by atoms with E-state index in [9.17, 15) is 4.79 Å². The molecular weight excluding hydrogens is 212 g/mol. The third-order valence-electron chi connectivity index (χ3n) is 2.44. The smallest absolute Gasteiger partial charge is 0.217 e. The van der Waals surface area contributed by atoms with Gasteiger partial charge in [0.05, 0.1) is 0 Å². The highest BCUT2D eigenvalue weighted by Crippen LogP contribution is 2.15. The van der Waals surface area contributed by atoms with Gasteiger partial charge in [0.25, 0.3) is 0 Å². The van der Waals surface area contributed by atoms with Crippen LogP contribution in [0.2, 0.25) is 0 Å². The number of hydrogen-bond acceptors (Lipinski definition) is 2. The lowest BCUT2D eigenvalue weighted by atomic mass is 10.1. The van der Waals surface area contributed by atoms with Crippen molar-refractivity contribution in [1.29, 1.82) is 0 Å². The van der Waals surface area contributed by atoms with E-state index in [1.165, 1.54) is 12.3 Å². The first kappa shape index (κ1) is 11.3. The lowest BCUT2D eigenvalue weighted by Crippen LogP contribution is -2.19. The van der Waals surface area contributed by atoms with Crippen LogP contribution >= 0.6 is 0 Å². The van der Waals surface area contributed by atoms with Crippen molar-refractivity contribution >= 4 is 22.8 Å². The zero-order chi connectivity index (χ0) is 12.1. The number of carbonyl (C=O) groups excluding carboxylic acids is 1. The van der Waals surface area contributed by atoms with E-state index >= 15 is 0 Å². The monoisotopic (exact) mass is 226 g/mol. The number of nitrogens with zero attached hydrogens (tertiary/aromatic N) is 1. The van der Waals surface area contributed by atoms with Crippen molar-refractivity contribution in [3.8, 4) is 0 Å². The van der Waals surface area contributed by atoms with E-state index in [4.69, 9.17) is 0 Å². The van der Waals surface area contributed by atoms with Gasteiger partial charge in [-0.3, -0.25) is 9.78 Å². The molecule has 0 fully saturated rings. The second-order valence-electron chi connectivity index (χ2n) is 3.82. The highest BCUT2D eigenvalue weighted by Gasteiger charge is 1.93. The van der Waals surface area contributed by atoms with Crippen LogP contribution < -0.4 is 5.32 Å². The lowest BCUT2D eigenvalue weighted by molar-refractivity contribution is -0.118. The molecule has 1 N–H and O–H groups in total. The summed E-state index contributed by atoms with van der Waals surface area (Å²) in [6.45, 7) is 2.07. The second kappa shape index (κ2) is 5.25. The first-order chi connectivity index (χ1) is 8.25. The molecule has 3 nitrogen and oxygen atoms in total. The summed E-state index contributed by atoms with van der Waals surface area (Å²) in [5, 5.41) is 5.02. The number of rotatable bonds is 3. The fourth-order valence-corrected chi connectivity index (χ4v) is 1.60. The van der Waals surface area contributed by atoms with Gasteiger partial charge >= 0.3 is 0 Å². The minimum Gasteiger partial charge on any atom is -0.353 e. The van der Waals surface area contributed by atoms with Crippen LogP contribution in [0.5, 0.6) is 0 Å². The number of pyridine rings is 1. The van der Waals surface area contributed by atoms with Crippen LogP contribution in [0.3, 0.4) is 0 Å². The van der Waals surface area contributed by atoms with Gasteiger partial charge in [0.1, 0.15) is 0 Å². The third-order valence-corrected chi connectivity index (χ3v) is 2.44. The Balaban J connectivity index is 2.11. The molecule has 0 saturated heterocycles.